The minimum atomic E-state index is -0.292. The van der Waals surface area contributed by atoms with E-state index >= 15 is 0 Å². The van der Waals surface area contributed by atoms with Crippen LogP contribution in [0.3, 0.4) is 0 Å². The van der Waals surface area contributed by atoms with Crippen molar-refractivity contribution in [1.29, 1.82) is 0 Å². The molecule has 1 fully saturated rings. The third kappa shape index (κ3) is 3.57. The lowest BCUT2D eigenvalue weighted by molar-refractivity contribution is -0.137. The first kappa shape index (κ1) is 14.0. The van der Waals surface area contributed by atoms with Crippen LogP contribution in [0.25, 0.3) is 0 Å². The quantitative estimate of drug-likeness (QED) is 0.794. The van der Waals surface area contributed by atoms with E-state index in [0.717, 1.165) is 5.56 Å². The first-order valence-corrected chi connectivity index (χ1v) is 6.45. The second-order valence-corrected chi connectivity index (χ2v) is 4.71. The molecule has 6 nitrogen and oxygen atoms in total. The number of benzene rings is 1. The van der Waals surface area contributed by atoms with Gasteiger partial charge in [-0.1, -0.05) is 17.7 Å². The fourth-order valence-electron chi connectivity index (χ4n) is 1.93. The van der Waals surface area contributed by atoms with Crippen LogP contribution in [0.5, 0.6) is 0 Å². The highest BCUT2D eigenvalue weighted by Crippen LogP contribution is 2.02. The van der Waals surface area contributed by atoms with Gasteiger partial charge in [-0.25, -0.2) is 0 Å². The Kier molecular flexibility index (Phi) is 4.34. The molecule has 1 aliphatic heterocycles. The molecule has 0 radical (unpaired) electrons. The molecule has 0 bridgehead atoms. The molecule has 1 aromatic rings. The van der Waals surface area contributed by atoms with Crippen LogP contribution in [0.1, 0.15) is 15.9 Å². The molecule has 0 unspecified atom stereocenters. The van der Waals surface area contributed by atoms with Crippen LogP contribution in [0.4, 0.5) is 0 Å². The van der Waals surface area contributed by atoms with Crippen LogP contribution in [-0.2, 0) is 9.59 Å². The zero-order valence-electron chi connectivity index (χ0n) is 11.3. The Labute approximate surface area is 117 Å². The van der Waals surface area contributed by atoms with Gasteiger partial charge in [-0.05, 0) is 19.1 Å². The van der Waals surface area contributed by atoms with E-state index in [9.17, 15) is 14.4 Å². The number of piperazine rings is 1. The minimum Gasteiger partial charge on any atom is -0.353 e. The highest BCUT2D eigenvalue weighted by atomic mass is 16.2. The van der Waals surface area contributed by atoms with Crippen LogP contribution in [0.2, 0.25) is 0 Å². The normalized spacial score (nSPS) is 14.7. The Bertz CT molecular complexity index is 525. The Morgan fingerprint density at radius 2 is 2.00 bits per heavy atom. The summed E-state index contributed by atoms with van der Waals surface area (Å²) in [5.41, 5.74) is 1.58. The fourth-order valence-corrected chi connectivity index (χ4v) is 1.93. The van der Waals surface area contributed by atoms with E-state index < -0.39 is 0 Å². The molecule has 1 aromatic carbocycles. The number of amides is 3. The largest absolute Gasteiger partial charge is 0.353 e. The van der Waals surface area contributed by atoms with Crippen molar-refractivity contribution in [2.45, 2.75) is 6.92 Å². The van der Waals surface area contributed by atoms with Gasteiger partial charge in [0.05, 0.1) is 13.1 Å². The van der Waals surface area contributed by atoms with E-state index in [-0.39, 0.29) is 30.8 Å². The lowest BCUT2D eigenvalue weighted by Crippen LogP contribution is -2.52. The van der Waals surface area contributed by atoms with Crippen LogP contribution in [0.15, 0.2) is 24.3 Å². The van der Waals surface area contributed by atoms with Crippen molar-refractivity contribution in [3.8, 4) is 0 Å². The maximum Gasteiger partial charge on any atom is 0.251 e. The van der Waals surface area contributed by atoms with E-state index in [1.807, 2.05) is 19.1 Å². The van der Waals surface area contributed by atoms with Gasteiger partial charge in [0.2, 0.25) is 11.8 Å². The van der Waals surface area contributed by atoms with Crippen molar-refractivity contribution in [2.24, 2.45) is 0 Å². The Morgan fingerprint density at radius 1 is 1.30 bits per heavy atom. The Balaban J connectivity index is 1.85. The molecule has 1 heterocycles. The summed E-state index contributed by atoms with van der Waals surface area (Å²) in [5, 5.41) is 5.21. The van der Waals surface area contributed by atoms with Crippen molar-refractivity contribution in [1.82, 2.24) is 15.5 Å². The van der Waals surface area contributed by atoms with Gasteiger partial charge >= 0.3 is 0 Å². The number of carbonyl (C=O) groups is 3. The topological polar surface area (TPSA) is 78.5 Å². The molecule has 0 spiro atoms. The van der Waals surface area contributed by atoms with Gasteiger partial charge in [0.15, 0.2) is 0 Å². The molecule has 1 saturated heterocycles. The van der Waals surface area contributed by atoms with Crippen molar-refractivity contribution >= 4 is 17.7 Å². The Morgan fingerprint density at radius 3 is 2.65 bits per heavy atom. The number of nitrogens with zero attached hydrogens (tertiary/aromatic N) is 1. The average molecular weight is 275 g/mol. The molecule has 0 saturated carbocycles. The predicted molar refractivity (Wildman–Crippen MR) is 73.1 cm³/mol. The molecule has 0 atom stereocenters. The molecule has 106 valence electrons. The number of nitrogens with one attached hydrogen (secondary N) is 2. The maximum absolute atomic E-state index is 11.9. The highest BCUT2D eigenvalue weighted by Gasteiger charge is 2.21. The highest BCUT2D eigenvalue weighted by molar-refractivity contribution is 5.97. The lowest BCUT2D eigenvalue weighted by Gasteiger charge is -2.26. The van der Waals surface area contributed by atoms with Gasteiger partial charge < -0.3 is 15.5 Å². The number of aryl methyl sites for hydroxylation is 1. The van der Waals surface area contributed by atoms with Gasteiger partial charge in [0.1, 0.15) is 0 Å². The average Bonchev–Trinajstić information content (AvgIpc) is 2.45. The molecule has 6 heteroatoms. The molecule has 3 amide bonds. The zero-order valence-corrected chi connectivity index (χ0v) is 11.3. The first-order chi connectivity index (χ1) is 9.56. The smallest absolute Gasteiger partial charge is 0.251 e. The van der Waals surface area contributed by atoms with Gasteiger partial charge in [-0.15, -0.1) is 0 Å². The van der Waals surface area contributed by atoms with Gasteiger partial charge in [0.25, 0.3) is 5.91 Å². The van der Waals surface area contributed by atoms with Crippen molar-refractivity contribution in [2.75, 3.05) is 26.2 Å². The van der Waals surface area contributed by atoms with Crippen LogP contribution >= 0.6 is 0 Å². The maximum atomic E-state index is 11.9. The molecule has 2 N–H and O–H groups in total. The second kappa shape index (κ2) is 6.18. The molecule has 1 aliphatic rings. The Hall–Kier alpha value is -2.37. The summed E-state index contributed by atoms with van der Waals surface area (Å²) < 4.78 is 0. The van der Waals surface area contributed by atoms with Gasteiger partial charge in [-0.3, -0.25) is 14.4 Å². The first-order valence-electron chi connectivity index (χ1n) is 6.45. The third-order valence-electron chi connectivity index (χ3n) is 3.10. The molecule has 0 aliphatic carbocycles. The summed E-state index contributed by atoms with van der Waals surface area (Å²) in [6.07, 6.45) is 0. The predicted octanol–water partition coefficient (Wildman–Crippen LogP) is -0.317. The van der Waals surface area contributed by atoms with E-state index in [0.29, 0.717) is 18.7 Å². The van der Waals surface area contributed by atoms with Crippen molar-refractivity contribution in [3.63, 3.8) is 0 Å². The van der Waals surface area contributed by atoms with E-state index in [4.69, 9.17) is 0 Å². The van der Waals surface area contributed by atoms with E-state index in [2.05, 4.69) is 10.6 Å². The van der Waals surface area contributed by atoms with Crippen molar-refractivity contribution in [3.05, 3.63) is 35.4 Å². The van der Waals surface area contributed by atoms with Crippen LogP contribution in [0, 0.1) is 6.92 Å². The molecule has 2 rings (SSSR count). The second-order valence-electron chi connectivity index (χ2n) is 4.71. The number of hydrogen-bond acceptors (Lipinski definition) is 3. The van der Waals surface area contributed by atoms with Gasteiger partial charge in [-0.2, -0.15) is 0 Å². The SMILES string of the molecule is Cc1ccc(C(=O)NCC(=O)N2CCNC(=O)C2)cc1. The van der Waals surface area contributed by atoms with Crippen molar-refractivity contribution < 1.29 is 14.4 Å². The summed E-state index contributed by atoms with van der Waals surface area (Å²) in [5.74, 6) is -0.713. The molecular formula is C14H17N3O3. The monoisotopic (exact) mass is 275 g/mol. The summed E-state index contributed by atoms with van der Waals surface area (Å²) >= 11 is 0. The molecule has 0 aromatic heterocycles. The summed E-state index contributed by atoms with van der Waals surface area (Å²) in [4.78, 5) is 36.3. The standard InChI is InChI=1S/C14H17N3O3/c1-10-2-4-11(5-3-10)14(20)16-8-13(19)17-7-6-15-12(18)9-17/h2-5H,6-9H2,1H3,(H,15,18)(H,16,20). The molecule has 20 heavy (non-hydrogen) atoms. The lowest BCUT2D eigenvalue weighted by atomic mass is 10.1. The van der Waals surface area contributed by atoms with E-state index in [1.165, 1.54) is 4.90 Å². The number of rotatable bonds is 3. The zero-order chi connectivity index (χ0) is 14.5. The summed E-state index contributed by atoms with van der Waals surface area (Å²) in [6, 6.07) is 7.10. The van der Waals surface area contributed by atoms with Gasteiger partial charge in [0, 0.05) is 18.7 Å². The number of hydrogen-bond donors (Lipinski definition) is 2. The third-order valence-corrected chi connectivity index (χ3v) is 3.10. The number of carbonyl (C=O) groups excluding carboxylic acids is 3. The fraction of sp³-hybridized carbons (Fsp3) is 0.357. The van der Waals surface area contributed by atoms with E-state index in [1.54, 1.807) is 12.1 Å². The summed E-state index contributed by atoms with van der Waals surface area (Å²) in [7, 11) is 0. The molecular weight excluding hydrogens is 258 g/mol. The van der Waals surface area contributed by atoms with Crippen LogP contribution in [-0.4, -0.2) is 48.8 Å². The summed E-state index contributed by atoms with van der Waals surface area (Å²) in [6.45, 7) is 2.83. The minimum absolute atomic E-state index is 0.0548. The van der Waals surface area contributed by atoms with Crippen LogP contribution < -0.4 is 10.6 Å².